The Morgan fingerprint density at radius 1 is 0.750 bits per heavy atom. The lowest BCUT2D eigenvalue weighted by atomic mass is 10.5. The number of hydrogen-bond donors (Lipinski definition) is 0. The molecule has 0 spiro atoms. The van der Waals surface area contributed by atoms with Gasteiger partial charge in [-0.25, -0.2) is 0 Å². The van der Waals surface area contributed by atoms with Crippen molar-refractivity contribution < 1.29 is 21.8 Å². The summed E-state index contributed by atoms with van der Waals surface area (Å²) in [7, 11) is -8.05. The molecule has 1 aliphatic rings. The largest absolute Gasteiger partial charge is 0.469 e. The summed E-state index contributed by atoms with van der Waals surface area (Å²) in [6.45, 7) is 22.6. The summed E-state index contributed by atoms with van der Waals surface area (Å²) in [5.41, 5.74) is 0. The zero-order chi connectivity index (χ0) is 18.8. The van der Waals surface area contributed by atoms with Gasteiger partial charge in [0.05, 0.1) is 0 Å². The molecule has 1 fully saturated rings. The summed E-state index contributed by atoms with van der Waals surface area (Å²) in [5.74, 6) is 0. The summed E-state index contributed by atoms with van der Waals surface area (Å²) >= 11 is 0. The van der Waals surface area contributed by atoms with Crippen molar-refractivity contribution >= 4 is 33.8 Å². The summed E-state index contributed by atoms with van der Waals surface area (Å²) < 4.78 is 30.9. The van der Waals surface area contributed by atoms with Crippen LogP contribution in [-0.2, 0) is 21.8 Å². The Bertz CT molecular complexity index is 359. The maximum absolute atomic E-state index is 6.64. The molecule has 2 unspecified atom stereocenters. The van der Waals surface area contributed by atoms with Crippen LogP contribution in [0, 0.1) is 0 Å². The predicted molar refractivity (Wildman–Crippen MR) is 109 cm³/mol. The van der Waals surface area contributed by atoms with Crippen molar-refractivity contribution in [1.82, 2.24) is 0 Å². The molecule has 0 saturated carbocycles. The summed E-state index contributed by atoms with van der Waals surface area (Å²) in [6, 6.07) is 0.826. The molecular weight excluding hydrogens is 373 g/mol. The van der Waals surface area contributed by atoms with Gasteiger partial charge in [0.15, 0.2) is 31.2 Å². The second-order valence-electron chi connectivity index (χ2n) is 9.51. The van der Waals surface area contributed by atoms with Gasteiger partial charge in [-0.1, -0.05) is 0 Å². The van der Waals surface area contributed by atoms with E-state index >= 15 is 0 Å². The molecule has 0 radical (unpaired) electrons. The van der Waals surface area contributed by atoms with Crippen molar-refractivity contribution in [2.45, 2.75) is 90.7 Å². The van der Waals surface area contributed by atoms with Crippen LogP contribution in [0.2, 0.25) is 65.0 Å². The van der Waals surface area contributed by atoms with Crippen LogP contribution in [0.4, 0.5) is 0 Å². The lowest BCUT2D eigenvalue weighted by Crippen LogP contribution is -2.60. The lowest BCUT2D eigenvalue weighted by molar-refractivity contribution is 0.0491. The van der Waals surface area contributed by atoms with E-state index in [0.717, 1.165) is 12.5 Å². The van der Waals surface area contributed by atoms with Crippen molar-refractivity contribution in [3.63, 3.8) is 0 Å². The Morgan fingerprint density at radius 3 is 1.42 bits per heavy atom. The molecular formula is C15H38O5Si4. The maximum atomic E-state index is 6.64. The highest BCUT2D eigenvalue weighted by Crippen LogP contribution is 2.30. The molecule has 0 aliphatic carbocycles. The Hall–Kier alpha value is 0.668. The molecule has 0 amide bonds. The molecule has 9 heteroatoms. The van der Waals surface area contributed by atoms with Crippen molar-refractivity contribution in [3.8, 4) is 0 Å². The third-order valence-electron chi connectivity index (χ3n) is 2.95. The van der Waals surface area contributed by atoms with Crippen LogP contribution in [-0.4, -0.2) is 52.8 Å². The first kappa shape index (κ1) is 22.7. The van der Waals surface area contributed by atoms with Gasteiger partial charge in [-0.3, -0.25) is 0 Å². The van der Waals surface area contributed by atoms with Crippen LogP contribution < -0.4 is 0 Å². The zero-order valence-electron chi connectivity index (χ0n) is 17.3. The van der Waals surface area contributed by atoms with Crippen molar-refractivity contribution in [3.05, 3.63) is 0 Å². The van der Waals surface area contributed by atoms with E-state index in [0.29, 0.717) is 6.61 Å². The van der Waals surface area contributed by atoms with Gasteiger partial charge in [0, 0.05) is 12.7 Å². The van der Waals surface area contributed by atoms with Gasteiger partial charge in [-0.2, -0.15) is 0 Å². The number of hydrogen-bond acceptors (Lipinski definition) is 5. The fraction of sp³-hybridized carbons (Fsp3) is 1.00. The number of ether oxygens (including phenoxy) is 2. The first-order valence-corrected chi connectivity index (χ1v) is 21.1. The van der Waals surface area contributed by atoms with E-state index < -0.39 is 33.8 Å². The highest BCUT2D eigenvalue weighted by molar-refractivity contribution is 6.90. The van der Waals surface area contributed by atoms with Crippen LogP contribution in [0.1, 0.15) is 13.3 Å². The number of epoxide rings is 1. The van der Waals surface area contributed by atoms with E-state index in [1.165, 1.54) is 0 Å². The normalized spacial score (nSPS) is 22.8. The van der Waals surface area contributed by atoms with Crippen molar-refractivity contribution in [2.75, 3.05) is 6.61 Å². The van der Waals surface area contributed by atoms with Gasteiger partial charge in [0.25, 0.3) is 0 Å². The average Bonchev–Trinajstić information content (AvgIpc) is 2.93. The molecule has 2 atom stereocenters. The third-order valence-corrected chi connectivity index (χ3v) is 15.0. The SMILES string of the molecule is CC1OC1OCCC[Si](O[Si](C)(C)C)(O[Si](C)(C)C)O[Si](C)(C)C. The van der Waals surface area contributed by atoms with Gasteiger partial charge in [0.2, 0.25) is 0 Å². The Labute approximate surface area is 153 Å². The Balaban J connectivity index is 2.81. The fourth-order valence-electron chi connectivity index (χ4n) is 2.44. The Kier molecular flexibility index (Phi) is 7.70. The highest BCUT2D eigenvalue weighted by Gasteiger charge is 2.49. The van der Waals surface area contributed by atoms with Gasteiger partial charge < -0.3 is 21.8 Å². The van der Waals surface area contributed by atoms with Crippen molar-refractivity contribution in [2.24, 2.45) is 0 Å². The second kappa shape index (κ2) is 8.13. The Morgan fingerprint density at radius 2 is 1.12 bits per heavy atom. The van der Waals surface area contributed by atoms with Gasteiger partial charge in [-0.05, 0) is 72.3 Å². The zero-order valence-corrected chi connectivity index (χ0v) is 21.3. The van der Waals surface area contributed by atoms with Crippen LogP contribution in [0.25, 0.3) is 0 Å². The fourth-order valence-corrected chi connectivity index (χ4v) is 17.1. The van der Waals surface area contributed by atoms with Crippen molar-refractivity contribution in [1.29, 1.82) is 0 Å². The van der Waals surface area contributed by atoms with E-state index in [1.54, 1.807) is 0 Å². The molecule has 0 N–H and O–H groups in total. The van der Waals surface area contributed by atoms with Gasteiger partial charge in [-0.15, -0.1) is 0 Å². The quantitative estimate of drug-likeness (QED) is 0.282. The minimum Gasteiger partial charge on any atom is -0.417 e. The van der Waals surface area contributed by atoms with Crippen LogP contribution >= 0.6 is 0 Å². The second-order valence-corrected chi connectivity index (χ2v) is 26.5. The van der Waals surface area contributed by atoms with Gasteiger partial charge >= 0.3 is 8.80 Å². The number of rotatable bonds is 11. The molecule has 0 aromatic heterocycles. The lowest BCUT2D eigenvalue weighted by Gasteiger charge is -2.42. The molecule has 1 rings (SSSR count). The third kappa shape index (κ3) is 9.97. The molecule has 1 heterocycles. The first-order valence-electron chi connectivity index (χ1n) is 8.98. The molecule has 0 aromatic carbocycles. The molecule has 0 aromatic rings. The smallest absolute Gasteiger partial charge is 0.417 e. The summed E-state index contributed by atoms with van der Waals surface area (Å²) in [6.07, 6.45) is 1.11. The van der Waals surface area contributed by atoms with Crippen LogP contribution in [0.3, 0.4) is 0 Å². The van der Waals surface area contributed by atoms with E-state index in [4.69, 9.17) is 21.8 Å². The molecule has 144 valence electrons. The minimum absolute atomic E-state index is 0.0187. The average molecular weight is 411 g/mol. The van der Waals surface area contributed by atoms with E-state index in [9.17, 15) is 0 Å². The molecule has 0 bridgehead atoms. The standard InChI is InChI=1S/C15H38O5Si4/c1-14-15(17-14)16-12-11-13-24(18-21(2,3)4,19-22(5,6)7)20-23(8,9)10/h14-15H,11-13H2,1-10H3. The summed E-state index contributed by atoms with van der Waals surface area (Å²) in [5, 5.41) is 0. The molecule has 24 heavy (non-hydrogen) atoms. The van der Waals surface area contributed by atoms with Gasteiger partial charge in [0.1, 0.15) is 6.10 Å². The summed E-state index contributed by atoms with van der Waals surface area (Å²) in [4.78, 5) is 0. The molecule has 1 aliphatic heterocycles. The van der Waals surface area contributed by atoms with Crippen LogP contribution in [0.5, 0.6) is 0 Å². The molecule has 5 nitrogen and oxygen atoms in total. The van der Waals surface area contributed by atoms with E-state index in [2.05, 4.69) is 58.9 Å². The van der Waals surface area contributed by atoms with Crippen LogP contribution in [0.15, 0.2) is 0 Å². The first-order chi connectivity index (χ1) is 10.6. The van der Waals surface area contributed by atoms with E-state index in [1.807, 2.05) is 6.92 Å². The predicted octanol–water partition coefficient (Wildman–Crippen LogP) is 4.63. The maximum Gasteiger partial charge on any atom is 0.469 e. The minimum atomic E-state index is -2.71. The monoisotopic (exact) mass is 410 g/mol. The highest BCUT2D eigenvalue weighted by atomic mass is 28.5. The topological polar surface area (TPSA) is 49.5 Å². The molecule has 1 saturated heterocycles. The van der Waals surface area contributed by atoms with E-state index in [-0.39, 0.29) is 12.4 Å².